The third-order valence-corrected chi connectivity index (χ3v) is 8.69. The summed E-state index contributed by atoms with van der Waals surface area (Å²) in [6.07, 6.45) is 21.9. The molecule has 80 heavy (non-hydrogen) atoms. The molecule has 10 heterocycles. The normalized spacial score (nSPS) is 7.38. The minimum absolute atomic E-state index is 0.718. The molecule has 10 aromatic heterocycles. The van der Waals surface area contributed by atoms with Gasteiger partial charge in [-0.05, 0) is 144 Å². The van der Waals surface area contributed by atoms with E-state index in [4.69, 9.17) is 17.7 Å². The first kappa shape index (κ1) is 96.1. The van der Waals surface area contributed by atoms with Crippen LogP contribution in [0.15, 0.2) is 179 Å². The summed E-state index contributed by atoms with van der Waals surface area (Å²) in [7, 11) is 0. The number of thiophene rings is 2. The fraction of sp³-hybridized carbons (Fsp3) is 0.455. The third kappa shape index (κ3) is 88.4. The molecule has 0 spiro atoms. The third-order valence-electron chi connectivity index (χ3n) is 6.38. The lowest BCUT2D eigenvalue weighted by atomic mass is 10.4. The molecule has 14 heteroatoms. The average Bonchev–Trinajstić information content (AvgIpc) is 4.32. The van der Waals surface area contributed by atoms with Gasteiger partial charge in [0.2, 0.25) is 0 Å². The molecule has 10 rings (SSSR count). The first-order valence-electron chi connectivity index (χ1n) is 28.5. The molecule has 0 radical (unpaired) electrons. The number of furan rings is 2. The van der Waals surface area contributed by atoms with Crippen molar-refractivity contribution in [3.8, 4) is 0 Å². The maximum Gasteiger partial charge on any atom is 0.190 e. The van der Waals surface area contributed by atoms with Gasteiger partial charge in [-0.3, -0.25) is 4.98 Å². The monoisotopic (exact) mass is 1170 g/mol. The van der Waals surface area contributed by atoms with E-state index in [1.54, 1.807) is 90.8 Å². The van der Waals surface area contributed by atoms with Gasteiger partial charge in [0.1, 0.15) is 24.0 Å². The van der Waals surface area contributed by atoms with Crippen molar-refractivity contribution in [3.05, 3.63) is 213 Å². The summed E-state index contributed by atoms with van der Waals surface area (Å²) in [5, 5.41) is 9.38. The van der Waals surface area contributed by atoms with Crippen LogP contribution in [0, 0.1) is 69.2 Å². The molecule has 0 amide bonds. The molecule has 0 bridgehead atoms. The average molecular weight is 1170 g/mol. The molecule has 0 saturated heterocycles. The van der Waals surface area contributed by atoms with E-state index < -0.39 is 0 Å². The summed E-state index contributed by atoms with van der Waals surface area (Å²) < 4.78 is 23.6. The van der Waals surface area contributed by atoms with Crippen molar-refractivity contribution in [3.63, 3.8) is 0 Å². The van der Waals surface area contributed by atoms with Crippen LogP contribution in [0.2, 0.25) is 0 Å². The number of nitrogens with zero attached hydrogens (tertiary/aromatic N) is 4. The summed E-state index contributed by atoms with van der Waals surface area (Å²) in [4.78, 5) is 22.4. The quantitative estimate of drug-likeness (QED) is 0.151. The minimum atomic E-state index is 0.718. The molecule has 0 aromatic carbocycles. The van der Waals surface area contributed by atoms with Crippen molar-refractivity contribution in [2.24, 2.45) is 0 Å². The number of oxazole rings is 3. The molecule has 0 unspecified atom stereocenters. The number of aromatic amines is 2. The Morgan fingerprint density at radius 2 is 1.06 bits per heavy atom. The van der Waals surface area contributed by atoms with Crippen molar-refractivity contribution < 1.29 is 22.1 Å². The Labute approximate surface area is 503 Å². The molecule has 0 aliphatic heterocycles. The van der Waals surface area contributed by atoms with E-state index >= 15 is 0 Å². The molecule has 0 aliphatic rings. The Morgan fingerprint density at radius 3 is 1.19 bits per heavy atom. The van der Waals surface area contributed by atoms with Crippen LogP contribution in [-0.2, 0) is 0 Å². The second kappa shape index (κ2) is 92.2. The van der Waals surface area contributed by atoms with Gasteiger partial charge in [-0.25, -0.2) is 15.0 Å². The SMILES string of the molecule is CC.CC.CC.CC.CC.CC.CC.CC.CC.CC.Cc1cc[nH]c1.Cc1ccc[nH]1.Cc1ccco1.Cc1cccs1.Cc1ccoc1.Cc1ccsc1.Cc1cnco1.Cc1cocn1.Cc1ncco1.Cc1nccs1. The standard InChI is InChI=1S/2C5H7N.2C5H6O.2C5H6S.3C4H5NO.C4H5NS.10C2H6/c1-5-2-3-6-4-5;1-5-3-2-4-6-5;1-5-2-3-6-4-5;1-5-3-2-4-6-5;1-5-2-3-6-4-5;1-5-3-2-4-6-5;1-4-2-6-3-5-4;1-4-2-5-3-6-4;2*1-4-5-2-3-6-4;10*1-2/h2*2-4,6H,1H3;4*2-4H,1H3;4*2-3H,1H3;10*1-2H3. The zero-order valence-corrected chi connectivity index (χ0v) is 58.5. The summed E-state index contributed by atoms with van der Waals surface area (Å²) >= 11 is 5.18. The van der Waals surface area contributed by atoms with Crippen molar-refractivity contribution >= 4 is 34.0 Å². The highest BCUT2D eigenvalue weighted by Crippen LogP contribution is 2.04. The van der Waals surface area contributed by atoms with Gasteiger partial charge < -0.3 is 32.1 Å². The number of aryl methyl sites for hydroxylation is 10. The Bertz CT molecular complexity index is 1650. The molecule has 11 nitrogen and oxygen atoms in total. The Morgan fingerprint density at radius 1 is 0.438 bits per heavy atom. The molecule has 460 valence electrons. The van der Waals surface area contributed by atoms with Crippen LogP contribution in [0.4, 0.5) is 0 Å². The molecule has 0 atom stereocenters. The highest BCUT2D eigenvalue weighted by atomic mass is 32.1. The van der Waals surface area contributed by atoms with Gasteiger partial charge in [-0.15, -0.1) is 22.7 Å². The molecule has 0 saturated carbocycles. The molecule has 0 fully saturated rings. The maximum absolute atomic E-state index is 4.83. The lowest BCUT2D eigenvalue weighted by molar-refractivity contribution is 0.521. The number of H-pyrrole nitrogens is 2. The van der Waals surface area contributed by atoms with Crippen molar-refractivity contribution in [2.75, 3.05) is 0 Å². The number of thiazole rings is 1. The van der Waals surface area contributed by atoms with Gasteiger partial charge in [-0.1, -0.05) is 145 Å². The zero-order chi connectivity index (χ0) is 64.1. The predicted molar refractivity (Wildman–Crippen MR) is 360 cm³/mol. The zero-order valence-electron chi connectivity index (χ0n) is 56.1. The summed E-state index contributed by atoms with van der Waals surface area (Å²) in [6.45, 7) is 59.7. The van der Waals surface area contributed by atoms with Gasteiger partial charge in [0, 0.05) is 47.7 Å². The van der Waals surface area contributed by atoms with Gasteiger partial charge in [0.05, 0.1) is 41.9 Å². The number of hydrogen-bond acceptors (Lipinski definition) is 12. The minimum Gasteiger partial charge on any atom is -0.472 e. The Kier molecular flexibility index (Phi) is 111. The lowest BCUT2D eigenvalue weighted by Gasteiger charge is -1.70. The second-order valence-corrected chi connectivity index (χ2v) is 15.2. The van der Waals surface area contributed by atoms with Crippen molar-refractivity contribution in [1.82, 2.24) is 29.9 Å². The van der Waals surface area contributed by atoms with E-state index in [1.165, 1.54) is 40.0 Å². The van der Waals surface area contributed by atoms with Crippen LogP contribution in [0.1, 0.15) is 194 Å². The number of aromatic nitrogens is 6. The van der Waals surface area contributed by atoms with Crippen LogP contribution in [0.5, 0.6) is 0 Å². The van der Waals surface area contributed by atoms with E-state index in [0.717, 1.165) is 28.1 Å². The van der Waals surface area contributed by atoms with E-state index in [-0.39, 0.29) is 0 Å². The van der Waals surface area contributed by atoms with Crippen molar-refractivity contribution in [1.29, 1.82) is 0 Å². The van der Waals surface area contributed by atoms with E-state index in [1.807, 2.05) is 240 Å². The fourth-order valence-corrected chi connectivity index (χ4v) is 4.99. The first-order chi connectivity index (χ1) is 38.9. The van der Waals surface area contributed by atoms with E-state index in [9.17, 15) is 0 Å². The van der Waals surface area contributed by atoms with Gasteiger partial charge in [-0.2, -0.15) is 11.3 Å². The Hall–Kier alpha value is -6.22. The van der Waals surface area contributed by atoms with Crippen LogP contribution in [0.3, 0.4) is 0 Å². The summed E-state index contributed by atoms with van der Waals surface area (Å²) in [5.41, 5.74) is 5.97. The smallest absolute Gasteiger partial charge is 0.190 e. The highest BCUT2D eigenvalue weighted by molar-refractivity contribution is 7.10. The predicted octanol–water partition coefficient (Wildman–Crippen LogP) is 24.6. The topological polar surface area (TPSA) is 149 Å². The van der Waals surface area contributed by atoms with Crippen LogP contribution >= 0.6 is 34.0 Å². The number of nitrogens with one attached hydrogen (secondary N) is 2. The number of hydrogen-bond donors (Lipinski definition) is 2. The van der Waals surface area contributed by atoms with Gasteiger partial charge >= 0.3 is 0 Å². The summed E-state index contributed by atoms with van der Waals surface area (Å²) in [5.74, 6) is 2.54. The second-order valence-electron chi connectivity index (χ2n) is 12.1. The molecule has 2 N–H and O–H groups in total. The largest absolute Gasteiger partial charge is 0.472 e. The van der Waals surface area contributed by atoms with Crippen molar-refractivity contribution in [2.45, 2.75) is 208 Å². The fourth-order valence-electron chi connectivity index (χ4n) is 3.36. The van der Waals surface area contributed by atoms with Crippen LogP contribution in [0.25, 0.3) is 0 Å². The summed E-state index contributed by atoms with van der Waals surface area (Å²) in [6, 6.07) is 18.0. The molecule has 10 aromatic rings. The van der Waals surface area contributed by atoms with E-state index in [0.29, 0.717) is 0 Å². The molecular formula is C66H118N6O5S3. The van der Waals surface area contributed by atoms with Gasteiger partial charge in [0.25, 0.3) is 0 Å². The van der Waals surface area contributed by atoms with Gasteiger partial charge in [0.15, 0.2) is 18.7 Å². The first-order valence-corrected chi connectivity index (χ1v) is 31.2. The highest BCUT2D eigenvalue weighted by Gasteiger charge is 1.81. The maximum atomic E-state index is 4.83. The number of rotatable bonds is 0. The molecule has 0 aliphatic carbocycles. The molecular weight excluding hydrogens is 1050 g/mol. The van der Waals surface area contributed by atoms with Crippen LogP contribution in [-0.4, -0.2) is 29.9 Å². The Balaban J connectivity index is -0.0000000822. The lowest BCUT2D eigenvalue weighted by Crippen LogP contribution is -1.59. The van der Waals surface area contributed by atoms with E-state index in [2.05, 4.69) is 89.4 Å². The van der Waals surface area contributed by atoms with Crippen LogP contribution < -0.4 is 0 Å².